The minimum atomic E-state index is -0.381. The number of ether oxygens (including phenoxy) is 1. The summed E-state index contributed by atoms with van der Waals surface area (Å²) < 4.78 is 18.1. The summed E-state index contributed by atoms with van der Waals surface area (Å²) in [6, 6.07) is 4.73. The van der Waals surface area contributed by atoms with Crippen LogP contribution in [0, 0.1) is 5.82 Å². The molecule has 0 aliphatic carbocycles. The maximum Gasteiger partial charge on any atom is 0.165 e. The number of hydrogen-bond acceptors (Lipinski definition) is 2. The van der Waals surface area contributed by atoms with Gasteiger partial charge in [-0.3, -0.25) is 0 Å². The zero-order valence-electron chi connectivity index (χ0n) is 8.34. The second-order valence-electron chi connectivity index (χ2n) is 3.13. The summed E-state index contributed by atoms with van der Waals surface area (Å²) >= 11 is 0. The Hall–Kier alpha value is -1.38. The average molecular weight is 196 g/mol. The molecule has 3 heteroatoms. The highest BCUT2D eigenvalue weighted by molar-refractivity contribution is 5.75. The molecule has 0 N–H and O–H groups in total. The predicted octanol–water partition coefficient (Wildman–Crippen LogP) is 2.36. The van der Waals surface area contributed by atoms with Gasteiger partial charge in [0.1, 0.15) is 5.78 Å². The third-order valence-electron chi connectivity index (χ3n) is 2.00. The summed E-state index contributed by atoms with van der Waals surface area (Å²) in [5.41, 5.74) is 0.739. The lowest BCUT2D eigenvalue weighted by molar-refractivity contribution is -0.116. The van der Waals surface area contributed by atoms with Crippen molar-refractivity contribution in [2.45, 2.75) is 19.8 Å². The van der Waals surface area contributed by atoms with Crippen LogP contribution in [0.5, 0.6) is 5.75 Å². The van der Waals surface area contributed by atoms with Gasteiger partial charge in [-0.05, 0) is 25.0 Å². The van der Waals surface area contributed by atoms with E-state index < -0.39 is 0 Å². The molecule has 14 heavy (non-hydrogen) atoms. The number of halogens is 1. The Morgan fingerprint density at radius 1 is 1.50 bits per heavy atom. The molecule has 0 amide bonds. The van der Waals surface area contributed by atoms with Crippen molar-refractivity contribution < 1.29 is 13.9 Å². The summed E-state index contributed by atoms with van der Waals surface area (Å²) in [6.07, 6.45) is 0.941. The first-order chi connectivity index (χ1) is 6.65. The SMILES string of the molecule is COc1c(F)cccc1CCC(C)=O. The molecule has 0 unspecified atom stereocenters. The molecule has 1 aromatic carbocycles. The van der Waals surface area contributed by atoms with Crippen LogP contribution < -0.4 is 4.74 Å². The molecule has 1 aromatic rings. The van der Waals surface area contributed by atoms with Gasteiger partial charge in [-0.2, -0.15) is 0 Å². The first-order valence-electron chi connectivity index (χ1n) is 4.46. The summed E-state index contributed by atoms with van der Waals surface area (Å²) in [5.74, 6) is -0.0429. The van der Waals surface area contributed by atoms with Crippen LogP contribution in [0.2, 0.25) is 0 Å². The molecular weight excluding hydrogens is 183 g/mol. The number of para-hydroxylation sites is 1. The summed E-state index contributed by atoms with van der Waals surface area (Å²) in [4.78, 5) is 10.8. The molecule has 0 atom stereocenters. The number of carbonyl (C=O) groups excluding carboxylic acids is 1. The van der Waals surface area contributed by atoms with E-state index in [1.165, 1.54) is 20.1 Å². The Morgan fingerprint density at radius 3 is 2.79 bits per heavy atom. The van der Waals surface area contributed by atoms with Crippen LogP contribution in [-0.4, -0.2) is 12.9 Å². The molecule has 0 aliphatic heterocycles. The van der Waals surface area contributed by atoms with Gasteiger partial charge in [0.2, 0.25) is 0 Å². The van der Waals surface area contributed by atoms with E-state index in [9.17, 15) is 9.18 Å². The van der Waals surface area contributed by atoms with E-state index in [2.05, 4.69) is 0 Å². The van der Waals surface area contributed by atoms with E-state index >= 15 is 0 Å². The van der Waals surface area contributed by atoms with Crippen molar-refractivity contribution in [3.63, 3.8) is 0 Å². The Kier molecular flexibility index (Phi) is 3.63. The second kappa shape index (κ2) is 4.74. The van der Waals surface area contributed by atoms with Crippen molar-refractivity contribution in [2.24, 2.45) is 0 Å². The highest BCUT2D eigenvalue weighted by Crippen LogP contribution is 2.23. The average Bonchev–Trinajstić information content (AvgIpc) is 2.14. The molecule has 0 aliphatic rings. The van der Waals surface area contributed by atoms with Gasteiger partial charge in [0, 0.05) is 6.42 Å². The van der Waals surface area contributed by atoms with Gasteiger partial charge in [0.05, 0.1) is 7.11 Å². The zero-order chi connectivity index (χ0) is 10.6. The Balaban J connectivity index is 2.85. The number of hydrogen-bond donors (Lipinski definition) is 0. The van der Waals surface area contributed by atoms with Crippen molar-refractivity contribution in [1.82, 2.24) is 0 Å². The molecule has 0 bridgehead atoms. The van der Waals surface area contributed by atoms with Gasteiger partial charge < -0.3 is 9.53 Å². The summed E-state index contributed by atoms with van der Waals surface area (Å²) in [6.45, 7) is 1.52. The van der Waals surface area contributed by atoms with Crippen molar-refractivity contribution in [1.29, 1.82) is 0 Å². The molecule has 0 saturated heterocycles. The Morgan fingerprint density at radius 2 is 2.21 bits per heavy atom. The van der Waals surface area contributed by atoms with Crippen molar-refractivity contribution in [3.05, 3.63) is 29.6 Å². The highest BCUT2D eigenvalue weighted by Gasteiger charge is 2.08. The topological polar surface area (TPSA) is 26.3 Å². The van der Waals surface area contributed by atoms with Crippen LogP contribution in [0.4, 0.5) is 4.39 Å². The van der Waals surface area contributed by atoms with Crippen LogP contribution in [0.1, 0.15) is 18.9 Å². The van der Waals surface area contributed by atoms with Gasteiger partial charge in [0.25, 0.3) is 0 Å². The quantitative estimate of drug-likeness (QED) is 0.738. The number of Topliss-reactive ketones (excluding diaryl/α,β-unsaturated/α-hetero) is 1. The fraction of sp³-hybridized carbons (Fsp3) is 0.364. The zero-order valence-corrected chi connectivity index (χ0v) is 8.34. The molecule has 0 saturated carbocycles. The fourth-order valence-corrected chi connectivity index (χ4v) is 1.29. The van der Waals surface area contributed by atoms with Crippen LogP contribution in [0.15, 0.2) is 18.2 Å². The molecule has 2 nitrogen and oxygen atoms in total. The van der Waals surface area contributed by atoms with E-state index in [0.29, 0.717) is 12.8 Å². The van der Waals surface area contributed by atoms with E-state index in [1.807, 2.05) is 0 Å². The van der Waals surface area contributed by atoms with E-state index in [-0.39, 0.29) is 17.3 Å². The number of methoxy groups -OCH3 is 1. The number of carbonyl (C=O) groups is 1. The second-order valence-corrected chi connectivity index (χ2v) is 3.13. The van der Waals surface area contributed by atoms with Gasteiger partial charge in [-0.1, -0.05) is 12.1 Å². The molecule has 0 heterocycles. The Labute approximate surface area is 82.7 Å². The molecule has 1 rings (SSSR count). The minimum Gasteiger partial charge on any atom is -0.493 e. The van der Waals surface area contributed by atoms with Crippen LogP contribution in [0.25, 0.3) is 0 Å². The van der Waals surface area contributed by atoms with Crippen LogP contribution >= 0.6 is 0 Å². The monoisotopic (exact) mass is 196 g/mol. The molecule has 0 aromatic heterocycles. The van der Waals surface area contributed by atoms with E-state index in [0.717, 1.165) is 5.56 Å². The standard InChI is InChI=1S/C11H13FO2/c1-8(13)6-7-9-4-3-5-10(12)11(9)14-2/h3-5H,6-7H2,1-2H3. The summed E-state index contributed by atoms with van der Waals surface area (Å²) in [5, 5.41) is 0. The lowest BCUT2D eigenvalue weighted by Gasteiger charge is -2.07. The molecule has 0 fully saturated rings. The third-order valence-corrected chi connectivity index (χ3v) is 2.00. The van der Waals surface area contributed by atoms with Crippen molar-refractivity contribution in [2.75, 3.05) is 7.11 Å². The van der Waals surface area contributed by atoms with Crippen molar-refractivity contribution >= 4 is 5.78 Å². The van der Waals surface area contributed by atoms with Gasteiger partial charge in [-0.25, -0.2) is 4.39 Å². The normalized spacial score (nSPS) is 9.93. The number of rotatable bonds is 4. The van der Waals surface area contributed by atoms with Gasteiger partial charge in [-0.15, -0.1) is 0 Å². The number of ketones is 1. The lowest BCUT2D eigenvalue weighted by Crippen LogP contribution is -1.98. The predicted molar refractivity (Wildman–Crippen MR) is 52.0 cm³/mol. The van der Waals surface area contributed by atoms with E-state index in [1.54, 1.807) is 12.1 Å². The molecule has 76 valence electrons. The lowest BCUT2D eigenvalue weighted by atomic mass is 10.1. The smallest absolute Gasteiger partial charge is 0.165 e. The minimum absolute atomic E-state index is 0.0938. The first kappa shape index (κ1) is 10.7. The number of aryl methyl sites for hydroxylation is 1. The summed E-state index contributed by atoms with van der Waals surface area (Å²) in [7, 11) is 1.43. The van der Waals surface area contributed by atoms with E-state index in [4.69, 9.17) is 4.74 Å². The van der Waals surface area contributed by atoms with Crippen LogP contribution in [0.3, 0.4) is 0 Å². The maximum atomic E-state index is 13.2. The van der Waals surface area contributed by atoms with Crippen molar-refractivity contribution in [3.8, 4) is 5.75 Å². The Bertz CT molecular complexity index is 334. The van der Waals surface area contributed by atoms with Gasteiger partial charge >= 0.3 is 0 Å². The molecular formula is C11H13FO2. The molecule has 0 spiro atoms. The first-order valence-corrected chi connectivity index (χ1v) is 4.46. The maximum absolute atomic E-state index is 13.2. The fourth-order valence-electron chi connectivity index (χ4n) is 1.29. The number of benzene rings is 1. The molecule has 0 radical (unpaired) electrons. The highest BCUT2D eigenvalue weighted by atomic mass is 19.1. The van der Waals surface area contributed by atoms with Gasteiger partial charge in [0.15, 0.2) is 11.6 Å². The largest absolute Gasteiger partial charge is 0.493 e. The third kappa shape index (κ3) is 2.55. The van der Waals surface area contributed by atoms with Crippen LogP contribution in [-0.2, 0) is 11.2 Å².